The number of ketones is 1. The number of aliphatic carboxylic acids is 1. The van der Waals surface area contributed by atoms with Crippen LogP contribution in [0.25, 0.3) is 6.08 Å². The van der Waals surface area contributed by atoms with Crippen molar-refractivity contribution >= 4 is 23.7 Å². The zero-order chi connectivity index (χ0) is 27.0. The standard InChI is InChI=1S/C30H39NO6/c1-31(2)29(33)15-8-7-13-27(32)25-12-10-14-28(26(25)20-21-30(34)35)37-22-9-5-4-6-11-23-16-18-24(36-3)19-17-23/h6,10-12,14,16-19H,4-5,7-9,13,15,20-22H2,1-3H3,(H,34,35). The summed E-state index contributed by atoms with van der Waals surface area (Å²) >= 11 is 0. The number of amides is 1. The van der Waals surface area contributed by atoms with Crippen LogP contribution in [0.5, 0.6) is 11.5 Å². The lowest BCUT2D eigenvalue weighted by Gasteiger charge is -2.15. The van der Waals surface area contributed by atoms with Gasteiger partial charge >= 0.3 is 5.97 Å². The fraction of sp³-hybridized carbons (Fsp3) is 0.433. The molecule has 0 aliphatic rings. The van der Waals surface area contributed by atoms with Gasteiger partial charge in [0.2, 0.25) is 5.91 Å². The maximum Gasteiger partial charge on any atom is 0.303 e. The molecular formula is C30H39NO6. The Morgan fingerprint density at radius 3 is 2.32 bits per heavy atom. The number of nitrogens with zero attached hydrogens (tertiary/aromatic N) is 1. The first-order chi connectivity index (χ1) is 17.8. The van der Waals surface area contributed by atoms with Crippen LogP contribution in [0.4, 0.5) is 0 Å². The summed E-state index contributed by atoms with van der Waals surface area (Å²) in [5, 5.41) is 9.20. The number of rotatable bonds is 17. The van der Waals surface area contributed by atoms with Gasteiger partial charge in [0, 0.05) is 44.5 Å². The van der Waals surface area contributed by atoms with E-state index < -0.39 is 5.97 Å². The van der Waals surface area contributed by atoms with Gasteiger partial charge in [0.25, 0.3) is 0 Å². The van der Waals surface area contributed by atoms with Crippen molar-refractivity contribution in [3.63, 3.8) is 0 Å². The number of carbonyl (C=O) groups is 3. The van der Waals surface area contributed by atoms with Gasteiger partial charge in [0.15, 0.2) is 5.78 Å². The summed E-state index contributed by atoms with van der Waals surface area (Å²) in [7, 11) is 5.08. The summed E-state index contributed by atoms with van der Waals surface area (Å²) in [4.78, 5) is 37.4. The number of carboxylic acids is 1. The molecule has 7 heteroatoms. The summed E-state index contributed by atoms with van der Waals surface area (Å²) in [6.45, 7) is 0.487. The molecule has 0 bridgehead atoms. The second-order valence-electron chi connectivity index (χ2n) is 9.11. The minimum Gasteiger partial charge on any atom is -0.497 e. The topological polar surface area (TPSA) is 93.1 Å². The predicted octanol–water partition coefficient (Wildman–Crippen LogP) is 5.81. The van der Waals surface area contributed by atoms with Gasteiger partial charge in [-0.3, -0.25) is 14.4 Å². The van der Waals surface area contributed by atoms with Crippen molar-refractivity contribution < 1.29 is 29.0 Å². The Labute approximate surface area is 220 Å². The average molecular weight is 510 g/mol. The normalized spacial score (nSPS) is 10.9. The lowest BCUT2D eigenvalue weighted by molar-refractivity contribution is -0.137. The minimum atomic E-state index is -0.918. The van der Waals surface area contributed by atoms with Gasteiger partial charge in [-0.05, 0) is 62.3 Å². The zero-order valence-corrected chi connectivity index (χ0v) is 22.2. The first-order valence-corrected chi connectivity index (χ1v) is 12.8. The summed E-state index contributed by atoms with van der Waals surface area (Å²) in [6.07, 6.45) is 9.02. The molecule has 0 heterocycles. The lowest BCUT2D eigenvalue weighted by Crippen LogP contribution is -2.21. The monoisotopic (exact) mass is 509 g/mol. The number of allylic oxidation sites excluding steroid dienone is 1. The van der Waals surface area contributed by atoms with Crippen molar-refractivity contribution in [2.45, 2.75) is 57.8 Å². The summed E-state index contributed by atoms with van der Waals surface area (Å²) in [6, 6.07) is 13.2. The number of hydrogen-bond acceptors (Lipinski definition) is 5. The van der Waals surface area contributed by atoms with Gasteiger partial charge in [-0.25, -0.2) is 0 Å². The van der Waals surface area contributed by atoms with Crippen LogP contribution in [0.15, 0.2) is 48.5 Å². The molecule has 0 unspecified atom stereocenters. The molecule has 2 aromatic carbocycles. The van der Waals surface area contributed by atoms with Crippen molar-refractivity contribution in [1.29, 1.82) is 0 Å². The summed E-state index contributed by atoms with van der Waals surface area (Å²) in [5.41, 5.74) is 2.28. The summed E-state index contributed by atoms with van der Waals surface area (Å²) in [5.74, 6) is 0.482. The molecule has 37 heavy (non-hydrogen) atoms. The van der Waals surface area contributed by atoms with Gasteiger partial charge in [0.05, 0.1) is 13.7 Å². The Morgan fingerprint density at radius 1 is 0.919 bits per heavy atom. The van der Waals surface area contributed by atoms with E-state index in [1.54, 1.807) is 44.3 Å². The molecule has 1 amide bonds. The van der Waals surface area contributed by atoms with Crippen LogP contribution in [-0.2, 0) is 16.0 Å². The van der Waals surface area contributed by atoms with Gasteiger partial charge < -0.3 is 19.5 Å². The van der Waals surface area contributed by atoms with E-state index in [4.69, 9.17) is 9.47 Å². The molecule has 0 atom stereocenters. The van der Waals surface area contributed by atoms with Gasteiger partial charge in [-0.2, -0.15) is 0 Å². The first-order valence-electron chi connectivity index (χ1n) is 12.8. The van der Waals surface area contributed by atoms with E-state index in [0.717, 1.165) is 30.6 Å². The third-order valence-electron chi connectivity index (χ3n) is 6.01. The highest BCUT2D eigenvalue weighted by atomic mass is 16.5. The van der Waals surface area contributed by atoms with E-state index >= 15 is 0 Å². The number of unbranched alkanes of at least 4 members (excludes halogenated alkanes) is 3. The largest absolute Gasteiger partial charge is 0.497 e. The van der Waals surface area contributed by atoms with Crippen LogP contribution in [0.3, 0.4) is 0 Å². The van der Waals surface area contributed by atoms with E-state index in [1.807, 2.05) is 24.3 Å². The van der Waals surface area contributed by atoms with Gasteiger partial charge in [-0.1, -0.05) is 36.4 Å². The highest BCUT2D eigenvalue weighted by molar-refractivity contribution is 5.98. The molecule has 0 radical (unpaired) electrons. The van der Waals surface area contributed by atoms with Crippen LogP contribution >= 0.6 is 0 Å². The average Bonchev–Trinajstić information content (AvgIpc) is 2.89. The molecule has 1 N–H and O–H groups in total. The molecule has 2 rings (SSSR count). The Hall–Kier alpha value is -3.61. The Kier molecular flexibility index (Phi) is 13.0. The molecular weight excluding hydrogens is 470 g/mol. The predicted molar refractivity (Wildman–Crippen MR) is 145 cm³/mol. The van der Waals surface area contributed by atoms with E-state index in [1.165, 1.54) is 0 Å². The van der Waals surface area contributed by atoms with E-state index in [0.29, 0.717) is 49.2 Å². The molecule has 0 aliphatic heterocycles. The highest BCUT2D eigenvalue weighted by Gasteiger charge is 2.17. The van der Waals surface area contributed by atoms with Crippen molar-refractivity contribution in [2.75, 3.05) is 27.8 Å². The van der Waals surface area contributed by atoms with Crippen molar-refractivity contribution in [2.24, 2.45) is 0 Å². The van der Waals surface area contributed by atoms with E-state index in [2.05, 4.69) is 12.2 Å². The van der Waals surface area contributed by atoms with Crippen molar-refractivity contribution in [1.82, 2.24) is 4.90 Å². The quantitative estimate of drug-likeness (QED) is 0.214. The fourth-order valence-corrected chi connectivity index (χ4v) is 3.85. The molecule has 0 spiro atoms. The Bertz CT molecular complexity index is 1040. The lowest BCUT2D eigenvalue weighted by atomic mass is 9.95. The number of benzene rings is 2. The number of Topliss-reactive ketones (excluding diaryl/α,β-unsaturated/α-hetero) is 1. The Balaban J connectivity index is 1.88. The second kappa shape index (κ2) is 16.2. The smallest absolute Gasteiger partial charge is 0.303 e. The molecule has 0 saturated heterocycles. The van der Waals surface area contributed by atoms with E-state index in [9.17, 15) is 19.5 Å². The number of methoxy groups -OCH3 is 1. The van der Waals surface area contributed by atoms with Crippen LogP contribution in [0.1, 0.15) is 72.9 Å². The number of ether oxygens (including phenoxy) is 2. The number of carbonyl (C=O) groups excluding carboxylic acids is 2. The molecule has 2 aromatic rings. The number of hydrogen-bond donors (Lipinski definition) is 1. The van der Waals surface area contributed by atoms with Gasteiger partial charge in [0.1, 0.15) is 11.5 Å². The highest BCUT2D eigenvalue weighted by Crippen LogP contribution is 2.26. The maximum absolute atomic E-state index is 12.9. The van der Waals surface area contributed by atoms with Gasteiger partial charge in [-0.15, -0.1) is 0 Å². The molecule has 0 fully saturated rings. The van der Waals surface area contributed by atoms with E-state index in [-0.39, 0.29) is 24.5 Å². The maximum atomic E-state index is 12.9. The minimum absolute atomic E-state index is 0.0428. The fourth-order valence-electron chi connectivity index (χ4n) is 3.85. The SMILES string of the molecule is COc1ccc(C=CCCCCOc2cccc(C(=O)CCCCC(=O)N(C)C)c2CCC(=O)O)cc1. The molecule has 7 nitrogen and oxygen atoms in total. The van der Waals surface area contributed by atoms with Crippen LogP contribution in [-0.4, -0.2) is 55.5 Å². The molecule has 0 saturated carbocycles. The van der Waals surface area contributed by atoms with Crippen molar-refractivity contribution in [3.8, 4) is 11.5 Å². The summed E-state index contributed by atoms with van der Waals surface area (Å²) < 4.78 is 11.2. The van der Waals surface area contributed by atoms with Crippen LogP contribution in [0.2, 0.25) is 0 Å². The van der Waals surface area contributed by atoms with Crippen LogP contribution in [0, 0.1) is 0 Å². The second-order valence-corrected chi connectivity index (χ2v) is 9.11. The number of carboxylic acid groups (broad SMARTS) is 1. The third kappa shape index (κ3) is 10.9. The Morgan fingerprint density at radius 2 is 1.65 bits per heavy atom. The zero-order valence-electron chi connectivity index (χ0n) is 22.2. The first kappa shape index (κ1) is 29.6. The van der Waals surface area contributed by atoms with Crippen molar-refractivity contribution in [3.05, 3.63) is 65.2 Å². The third-order valence-corrected chi connectivity index (χ3v) is 6.01. The molecule has 200 valence electrons. The van der Waals surface area contributed by atoms with Crippen LogP contribution < -0.4 is 9.47 Å². The molecule has 0 aromatic heterocycles. The molecule has 0 aliphatic carbocycles.